The van der Waals surface area contributed by atoms with Crippen LogP contribution in [0.15, 0.2) is 17.5 Å². The first kappa shape index (κ1) is 15.2. The third kappa shape index (κ3) is 3.46. The third-order valence-corrected chi connectivity index (χ3v) is 3.75. The van der Waals surface area contributed by atoms with Crippen molar-refractivity contribution in [3.8, 4) is 0 Å². The fourth-order valence-electron chi connectivity index (χ4n) is 1.98. The molecule has 2 aromatic rings. The Balaban J connectivity index is 2.40. The molecule has 0 radical (unpaired) electrons. The molecular formula is C13H17N5O2S. The molecule has 0 spiro atoms. The minimum atomic E-state index is -0.425. The van der Waals surface area contributed by atoms with Crippen LogP contribution in [-0.2, 0) is 6.54 Å². The maximum absolute atomic E-state index is 11.3. The molecule has 0 aliphatic carbocycles. The first-order valence-corrected chi connectivity index (χ1v) is 7.41. The molecule has 0 aliphatic rings. The van der Waals surface area contributed by atoms with Gasteiger partial charge in [-0.2, -0.15) is 4.98 Å². The monoisotopic (exact) mass is 307 g/mol. The Hall–Kier alpha value is -2.22. The van der Waals surface area contributed by atoms with E-state index in [0.717, 1.165) is 4.88 Å². The van der Waals surface area contributed by atoms with Gasteiger partial charge in [-0.05, 0) is 25.3 Å². The molecule has 112 valence electrons. The number of aryl methyl sites for hydroxylation is 1. The number of nitrogens with one attached hydrogen (secondary N) is 1. The van der Waals surface area contributed by atoms with Gasteiger partial charge in [-0.1, -0.05) is 6.07 Å². The van der Waals surface area contributed by atoms with Gasteiger partial charge in [0, 0.05) is 18.5 Å². The van der Waals surface area contributed by atoms with Crippen molar-refractivity contribution >= 4 is 28.8 Å². The largest absolute Gasteiger partial charge is 0.354 e. The number of hydrogen-bond donors (Lipinski definition) is 1. The number of rotatable bonds is 6. The molecule has 7 nitrogen and oxygen atoms in total. The van der Waals surface area contributed by atoms with Gasteiger partial charge in [-0.25, -0.2) is 4.98 Å². The van der Waals surface area contributed by atoms with Gasteiger partial charge in [0.2, 0.25) is 11.8 Å². The van der Waals surface area contributed by atoms with Gasteiger partial charge >= 0.3 is 5.69 Å². The van der Waals surface area contributed by atoms with Crippen molar-refractivity contribution in [3.05, 3.63) is 38.2 Å². The minimum Gasteiger partial charge on any atom is -0.354 e. The van der Waals surface area contributed by atoms with Crippen LogP contribution in [-0.4, -0.2) is 28.5 Å². The number of nitro groups is 1. The summed E-state index contributed by atoms with van der Waals surface area (Å²) in [7, 11) is 1.80. The summed E-state index contributed by atoms with van der Waals surface area (Å²) >= 11 is 1.61. The molecule has 0 amide bonds. The predicted octanol–water partition coefficient (Wildman–Crippen LogP) is 2.82. The Bertz CT molecular complexity index is 630. The summed E-state index contributed by atoms with van der Waals surface area (Å²) in [6, 6.07) is 3.95. The quantitative estimate of drug-likeness (QED) is 0.652. The summed E-state index contributed by atoms with van der Waals surface area (Å²) < 4.78 is 0. The second-order valence-electron chi connectivity index (χ2n) is 4.53. The lowest BCUT2D eigenvalue weighted by molar-refractivity contribution is -0.385. The van der Waals surface area contributed by atoms with Crippen LogP contribution in [0.1, 0.15) is 17.5 Å². The summed E-state index contributed by atoms with van der Waals surface area (Å²) in [6.45, 7) is 4.78. The minimum absolute atomic E-state index is 0.0456. The van der Waals surface area contributed by atoms with Gasteiger partial charge in [0.1, 0.15) is 5.69 Å². The standard InChI is InChI=1S/C13H17N5O2S/c1-4-14-13-15-9(2)11(18(19)20)12(16-13)17(3)8-10-6-5-7-21-10/h5-7H,4,8H2,1-3H3,(H,14,15,16). The summed E-state index contributed by atoms with van der Waals surface area (Å²) in [4.78, 5) is 22.2. The van der Waals surface area contributed by atoms with Crippen molar-refractivity contribution in [1.29, 1.82) is 0 Å². The van der Waals surface area contributed by atoms with Gasteiger partial charge in [0.15, 0.2) is 0 Å². The fraction of sp³-hybridized carbons (Fsp3) is 0.385. The first-order valence-electron chi connectivity index (χ1n) is 6.53. The Morgan fingerprint density at radius 3 is 2.81 bits per heavy atom. The van der Waals surface area contributed by atoms with Crippen LogP contribution in [0.4, 0.5) is 17.5 Å². The average molecular weight is 307 g/mol. The topological polar surface area (TPSA) is 84.2 Å². The van der Waals surface area contributed by atoms with Crippen molar-refractivity contribution in [1.82, 2.24) is 9.97 Å². The molecule has 2 heterocycles. The number of hydrogen-bond acceptors (Lipinski definition) is 7. The van der Waals surface area contributed by atoms with Gasteiger partial charge in [-0.3, -0.25) is 10.1 Å². The number of thiophene rings is 1. The van der Waals surface area contributed by atoms with Gasteiger partial charge < -0.3 is 10.2 Å². The van der Waals surface area contributed by atoms with E-state index in [-0.39, 0.29) is 5.69 Å². The highest BCUT2D eigenvalue weighted by molar-refractivity contribution is 7.09. The first-order chi connectivity index (χ1) is 10.0. The van der Waals surface area contributed by atoms with Crippen LogP contribution in [0.25, 0.3) is 0 Å². The second-order valence-corrected chi connectivity index (χ2v) is 5.56. The van der Waals surface area contributed by atoms with E-state index in [9.17, 15) is 10.1 Å². The highest BCUT2D eigenvalue weighted by atomic mass is 32.1. The molecule has 0 fully saturated rings. The van der Waals surface area contributed by atoms with E-state index < -0.39 is 4.92 Å². The van der Waals surface area contributed by atoms with E-state index >= 15 is 0 Å². The summed E-state index contributed by atoms with van der Waals surface area (Å²) in [5.74, 6) is 0.741. The molecule has 2 rings (SSSR count). The normalized spacial score (nSPS) is 10.4. The van der Waals surface area contributed by atoms with E-state index in [1.165, 1.54) is 0 Å². The fourth-order valence-corrected chi connectivity index (χ4v) is 2.74. The second kappa shape index (κ2) is 6.49. The molecule has 2 aromatic heterocycles. The van der Waals surface area contributed by atoms with Crippen molar-refractivity contribution in [2.24, 2.45) is 0 Å². The van der Waals surface area contributed by atoms with Crippen molar-refractivity contribution in [2.75, 3.05) is 23.8 Å². The number of anilines is 2. The molecule has 0 atom stereocenters. The summed E-state index contributed by atoms with van der Waals surface area (Å²) in [5, 5.41) is 16.3. The molecule has 0 bridgehead atoms. The van der Waals surface area contributed by atoms with E-state index in [1.54, 1.807) is 30.2 Å². The Kier molecular flexibility index (Phi) is 4.69. The molecule has 0 saturated heterocycles. The van der Waals surface area contributed by atoms with E-state index in [2.05, 4.69) is 15.3 Å². The smallest absolute Gasteiger partial charge is 0.332 e. The zero-order chi connectivity index (χ0) is 15.4. The average Bonchev–Trinajstić information content (AvgIpc) is 2.90. The van der Waals surface area contributed by atoms with Crippen LogP contribution in [0, 0.1) is 17.0 Å². The molecular weight excluding hydrogens is 290 g/mol. The van der Waals surface area contributed by atoms with Crippen LogP contribution >= 0.6 is 11.3 Å². The van der Waals surface area contributed by atoms with Gasteiger partial charge in [-0.15, -0.1) is 11.3 Å². The zero-order valence-corrected chi connectivity index (χ0v) is 13.0. The maximum Gasteiger partial charge on any atom is 0.332 e. The molecule has 0 saturated carbocycles. The highest BCUT2D eigenvalue weighted by Gasteiger charge is 2.25. The lowest BCUT2D eigenvalue weighted by Crippen LogP contribution is -2.20. The van der Waals surface area contributed by atoms with E-state index in [0.29, 0.717) is 30.5 Å². The van der Waals surface area contributed by atoms with Gasteiger partial charge in [0.25, 0.3) is 0 Å². The molecule has 0 unspecified atom stereocenters. The molecule has 8 heteroatoms. The Labute approximate surface area is 126 Å². The Morgan fingerprint density at radius 1 is 1.48 bits per heavy atom. The predicted molar refractivity (Wildman–Crippen MR) is 84.0 cm³/mol. The Morgan fingerprint density at radius 2 is 2.24 bits per heavy atom. The van der Waals surface area contributed by atoms with Crippen LogP contribution in [0.5, 0.6) is 0 Å². The summed E-state index contributed by atoms with van der Waals surface area (Å²) in [6.07, 6.45) is 0. The van der Waals surface area contributed by atoms with Crippen LogP contribution in [0.2, 0.25) is 0 Å². The van der Waals surface area contributed by atoms with Crippen molar-refractivity contribution < 1.29 is 4.92 Å². The van der Waals surface area contributed by atoms with Crippen LogP contribution in [0.3, 0.4) is 0 Å². The SMILES string of the molecule is CCNc1nc(C)c([N+](=O)[O-])c(N(C)Cc2cccs2)n1. The summed E-state index contributed by atoms with van der Waals surface area (Å²) in [5.41, 5.74) is 0.315. The molecule has 0 aromatic carbocycles. The van der Waals surface area contributed by atoms with Crippen molar-refractivity contribution in [2.45, 2.75) is 20.4 Å². The van der Waals surface area contributed by atoms with E-state index in [4.69, 9.17) is 0 Å². The lowest BCUT2D eigenvalue weighted by Gasteiger charge is -2.18. The van der Waals surface area contributed by atoms with Gasteiger partial charge in [0.05, 0.1) is 11.5 Å². The zero-order valence-electron chi connectivity index (χ0n) is 12.2. The molecule has 21 heavy (non-hydrogen) atoms. The third-order valence-electron chi connectivity index (χ3n) is 2.89. The van der Waals surface area contributed by atoms with E-state index in [1.807, 2.05) is 24.4 Å². The van der Waals surface area contributed by atoms with Crippen molar-refractivity contribution in [3.63, 3.8) is 0 Å². The maximum atomic E-state index is 11.3. The molecule has 0 aliphatic heterocycles. The number of aromatic nitrogens is 2. The lowest BCUT2D eigenvalue weighted by atomic mass is 10.3. The van der Waals surface area contributed by atoms with Crippen LogP contribution < -0.4 is 10.2 Å². The number of nitrogens with zero attached hydrogens (tertiary/aromatic N) is 4. The highest BCUT2D eigenvalue weighted by Crippen LogP contribution is 2.30. The molecule has 1 N–H and O–H groups in total.